The highest BCUT2D eigenvalue weighted by Gasteiger charge is 2.13. The summed E-state index contributed by atoms with van der Waals surface area (Å²) in [6.45, 7) is 0.467. The van der Waals surface area contributed by atoms with Gasteiger partial charge >= 0.3 is 0 Å². The quantitative estimate of drug-likeness (QED) is 0.429. The maximum atomic E-state index is 6.01. The molecule has 5 nitrogen and oxygen atoms in total. The zero-order valence-electron chi connectivity index (χ0n) is 13.3. The SMILES string of the molecule is Cn1c(CN=C(N)NC2CCCCC2)nc2cc(Cl)ccc21.I. The van der Waals surface area contributed by atoms with Crippen LogP contribution in [0.4, 0.5) is 0 Å². The van der Waals surface area contributed by atoms with Gasteiger partial charge in [0.1, 0.15) is 12.4 Å². The lowest BCUT2D eigenvalue weighted by molar-refractivity contribution is 0.412. The monoisotopic (exact) mass is 447 g/mol. The first kappa shape index (κ1) is 18.3. The molecule has 7 heteroatoms. The van der Waals surface area contributed by atoms with Crippen LogP contribution in [0.1, 0.15) is 37.9 Å². The molecule has 3 rings (SSSR count). The fourth-order valence-electron chi connectivity index (χ4n) is 3.02. The lowest BCUT2D eigenvalue weighted by Gasteiger charge is -2.23. The van der Waals surface area contributed by atoms with Crippen molar-refractivity contribution in [3.63, 3.8) is 0 Å². The Labute approximate surface area is 158 Å². The number of aliphatic imine (C=N–C) groups is 1. The van der Waals surface area contributed by atoms with Crippen molar-refractivity contribution in [2.75, 3.05) is 0 Å². The summed E-state index contributed by atoms with van der Waals surface area (Å²) in [5.41, 5.74) is 7.94. The second kappa shape index (κ2) is 8.19. The van der Waals surface area contributed by atoms with E-state index >= 15 is 0 Å². The average Bonchev–Trinajstić information content (AvgIpc) is 2.82. The highest BCUT2D eigenvalue weighted by molar-refractivity contribution is 14.0. The number of nitrogens with two attached hydrogens (primary N) is 1. The Morgan fingerprint density at radius 1 is 1.39 bits per heavy atom. The third-order valence-corrected chi connectivity index (χ3v) is 4.52. The van der Waals surface area contributed by atoms with Gasteiger partial charge in [-0.1, -0.05) is 30.9 Å². The summed E-state index contributed by atoms with van der Waals surface area (Å²) in [7, 11) is 1.98. The van der Waals surface area contributed by atoms with Crippen LogP contribution in [-0.2, 0) is 13.6 Å². The normalized spacial score (nSPS) is 16.3. The topological polar surface area (TPSA) is 68.2 Å². The van der Waals surface area contributed by atoms with Gasteiger partial charge in [0.2, 0.25) is 0 Å². The molecule has 0 radical (unpaired) electrons. The van der Waals surface area contributed by atoms with E-state index < -0.39 is 0 Å². The number of halogens is 2. The van der Waals surface area contributed by atoms with E-state index in [1.165, 1.54) is 32.1 Å². The van der Waals surface area contributed by atoms with Gasteiger partial charge in [0.15, 0.2) is 5.96 Å². The van der Waals surface area contributed by atoms with E-state index in [2.05, 4.69) is 15.3 Å². The van der Waals surface area contributed by atoms with E-state index in [1.54, 1.807) is 0 Å². The van der Waals surface area contributed by atoms with Gasteiger partial charge in [0.25, 0.3) is 0 Å². The third-order valence-electron chi connectivity index (χ3n) is 4.28. The summed E-state index contributed by atoms with van der Waals surface area (Å²) in [6.07, 6.45) is 6.24. The van der Waals surface area contributed by atoms with Crippen molar-refractivity contribution < 1.29 is 0 Å². The molecule has 1 fully saturated rings. The van der Waals surface area contributed by atoms with Gasteiger partial charge in [-0.2, -0.15) is 0 Å². The van der Waals surface area contributed by atoms with Gasteiger partial charge in [-0.3, -0.25) is 0 Å². The Morgan fingerprint density at radius 3 is 2.87 bits per heavy atom. The number of hydrogen-bond acceptors (Lipinski definition) is 2. The van der Waals surface area contributed by atoms with Crippen LogP contribution < -0.4 is 11.1 Å². The predicted molar refractivity (Wildman–Crippen MR) is 106 cm³/mol. The Morgan fingerprint density at radius 2 is 2.13 bits per heavy atom. The van der Waals surface area contributed by atoms with Crippen LogP contribution in [-0.4, -0.2) is 21.6 Å². The van der Waals surface area contributed by atoms with E-state index in [0.29, 0.717) is 23.6 Å². The molecule has 1 aliphatic rings. The molecule has 1 aliphatic carbocycles. The van der Waals surface area contributed by atoms with Gasteiger partial charge in [0.05, 0.1) is 11.0 Å². The van der Waals surface area contributed by atoms with Crippen LogP contribution in [0.2, 0.25) is 5.02 Å². The molecule has 3 N–H and O–H groups in total. The number of benzene rings is 1. The van der Waals surface area contributed by atoms with Crippen molar-refractivity contribution in [2.45, 2.75) is 44.7 Å². The van der Waals surface area contributed by atoms with Crippen LogP contribution >= 0.6 is 35.6 Å². The van der Waals surface area contributed by atoms with Crippen LogP contribution in [0.15, 0.2) is 23.2 Å². The van der Waals surface area contributed by atoms with Crippen LogP contribution in [0, 0.1) is 0 Å². The highest BCUT2D eigenvalue weighted by atomic mass is 127. The van der Waals surface area contributed by atoms with Gasteiger partial charge in [-0.05, 0) is 31.0 Å². The Balaban J connectivity index is 0.00000192. The summed E-state index contributed by atoms with van der Waals surface area (Å²) in [5, 5.41) is 4.01. The lowest BCUT2D eigenvalue weighted by Crippen LogP contribution is -2.41. The highest BCUT2D eigenvalue weighted by Crippen LogP contribution is 2.20. The van der Waals surface area contributed by atoms with Crippen LogP contribution in [0.25, 0.3) is 11.0 Å². The molecule has 1 saturated carbocycles. The molecule has 126 valence electrons. The summed E-state index contributed by atoms with van der Waals surface area (Å²) in [6, 6.07) is 6.18. The Bertz CT molecular complexity index is 691. The van der Waals surface area contributed by atoms with Crippen molar-refractivity contribution >= 4 is 52.6 Å². The third kappa shape index (κ3) is 4.50. The van der Waals surface area contributed by atoms with Crippen LogP contribution in [0.3, 0.4) is 0 Å². The number of nitrogens with one attached hydrogen (secondary N) is 1. The predicted octanol–water partition coefficient (Wildman–Crippen LogP) is 3.58. The standard InChI is InChI=1S/C16H22ClN5.HI/c1-22-14-8-7-11(17)9-13(14)21-15(22)10-19-16(18)20-12-5-3-2-4-6-12;/h7-9,12H,2-6,10H2,1H3,(H3,18,19,20);1H. The smallest absolute Gasteiger partial charge is 0.189 e. The number of imidazole rings is 1. The summed E-state index contributed by atoms with van der Waals surface area (Å²) in [5.74, 6) is 1.39. The fourth-order valence-corrected chi connectivity index (χ4v) is 3.19. The fraction of sp³-hybridized carbons (Fsp3) is 0.500. The van der Waals surface area contributed by atoms with E-state index in [4.69, 9.17) is 17.3 Å². The Kier molecular flexibility index (Phi) is 6.52. The molecule has 23 heavy (non-hydrogen) atoms. The molecule has 0 saturated heterocycles. The minimum Gasteiger partial charge on any atom is -0.370 e. The first-order valence-corrected chi connectivity index (χ1v) is 8.18. The summed E-state index contributed by atoms with van der Waals surface area (Å²) >= 11 is 6.01. The summed E-state index contributed by atoms with van der Waals surface area (Å²) in [4.78, 5) is 9.01. The first-order chi connectivity index (χ1) is 10.6. The molecule has 0 amide bonds. The zero-order valence-corrected chi connectivity index (χ0v) is 16.3. The molecule has 0 unspecified atom stereocenters. The number of guanidine groups is 1. The second-order valence-corrected chi connectivity index (χ2v) is 6.34. The van der Waals surface area contributed by atoms with E-state index in [9.17, 15) is 0 Å². The first-order valence-electron chi connectivity index (χ1n) is 7.81. The number of aryl methyl sites for hydroxylation is 1. The molecule has 0 bridgehead atoms. The zero-order chi connectivity index (χ0) is 15.5. The molecule has 0 atom stereocenters. The van der Waals surface area contributed by atoms with E-state index in [1.807, 2.05) is 29.8 Å². The largest absolute Gasteiger partial charge is 0.370 e. The molecule has 0 spiro atoms. The molecular formula is C16H23ClIN5. The minimum absolute atomic E-state index is 0. The van der Waals surface area contributed by atoms with Crippen molar-refractivity contribution in [1.29, 1.82) is 0 Å². The lowest BCUT2D eigenvalue weighted by atomic mass is 9.96. The number of nitrogens with zero attached hydrogens (tertiary/aromatic N) is 3. The van der Waals surface area contributed by atoms with E-state index in [0.717, 1.165) is 16.9 Å². The van der Waals surface area contributed by atoms with Gasteiger partial charge in [0, 0.05) is 18.1 Å². The Hall–Kier alpha value is -1.02. The van der Waals surface area contributed by atoms with Crippen molar-refractivity contribution in [1.82, 2.24) is 14.9 Å². The molecule has 2 aromatic rings. The van der Waals surface area contributed by atoms with Crippen molar-refractivity contribution in [2.24, 2.45) is 17.8 Å². The molecule has 1 aromatic heterocycles. The van der Waals surface area contributed by atoms with Gasteiger partial charge < -0.3 is 15.6 Å². The van der Waals surface area contributed by atoms with Gasteiger partial charge in [-0.15, -0.1) is 24.0 Å². The van der Waals surface area contributed by atoms with Gasteiger partial charge in [-0.25, -0.2) is 9.98 Å². The molecule has 1 aromatic carbocycles. The second-order valence-electron chi connectivity index (χ2n) is 5.90. The maximum absolute atomic E-state index is 6.01. The molecule has 0 aliphatic heterocycles. The number of hydrogen-bond donors (Lipinski definition) is 2. The number of aromatic nitrogens is 2. The van der Waals surface area contributed by atoms with Crippen molar-refractivity contribution in [3.8, 4) is 0 Å². The van der Waals surface area contributed by atoms with Crippen LogP contribution in [0.5, 0.6) is 0 Å². The summed E-state index contributed by atoms with van der Waals surface area (Å²) < 4.78 is 2.03. The van der Waals surface area contributed by atoms with Crippen molar-refractivity contribution in [3.05, 3.63) is 29.0 Å². The van der Waals surface area contributed by atoms with E-state index in [-0.39, 0.29) is 24.0 Å². The minimum atomic E-state index is 0. The molecule has 1 heterocycles. The average molecular weight is 448 g/mol. The number of fused-ring (bicyclic) bond motifs is 1. The number of rotatable bonds is 3. The maximum Gasteiger partial charge on any atom is 0.189 e. The molecular weight excluding hydrogens is 425 g/mol.